The van der Waals surface area contributed by atoms with E-state index >= 15 is 0 Å². The molecular weight excluding hydrogens is 254 g/mol. The summed E-state index contributed by atoms with van der Waals surface area (Å²) in [6, 6.07) is 3.78. The number of carboxylic acids is 1. The van der Waals surface area contributed by atoms with Crippen molar-refractivity contribution in [3.8, 4) is 0 Å². The Kier molecular flexibility index (Phi) is 6.59. The summed E-state index contributed by atoms with van der Waals surface area (Å²) in [4.78, 5) is 14.3. The van der Waals surface area contributed by atoms with Crippen molar-refractivity contribution in [3.05, 3.63) is 28.0 Å². The first kappa shape index (κ1) is 14.8. The van der Waals surface area contributed by atoms with Gasteiger partial charge in [-0.05, 0) is 18.2 Å². The van der Waals surface area contributed by atoms with Crippen molar-refractivity contribution in [2.24, 2.45) is 0 Å². The molecule has 0 spiro atoms. The number of nitrogens with zero attached hydrogens (tertiary/aromatic N) is 1. The van der Waals surface area contributed by atoms with E-state index < -0.39 is 5.97 Å². The van der Waals surface area contributed by atoms with Crippen molar-refractivity contribution in [3.63, 3.8) is 0 Å². The SMILES string of the molecule is O=C(O)/C=C/c1ccc(CN(CCO)CCO)s1. The van der Waals surface area contributed by atoms with Gasteiger partial charge in [0.15, 0.2) is 0 Å². The van der Waals surface area contributed by atoms with Gasteiger partial charge in [0.2, 0.25) is 0 Å². The van der Waals surface area contributed by atoms with Crippen LogP contribution in [0.1, 0.15) is 9.75 Å². The highest BCUT2D eigenvalue weighted by molar-refractivity contribution is 7.12. The minimum atomic E-state index is -0.966. The molecule has 3 N–H and O–H groups in total. The number of carboxylic acid groups (broad SMARTS) is 1. The molecule has 0 aliphatic rings. The van der Waals surface area contributed by atoms with Gasteiger partial charge in [0.1, 0.15) is 0 Å². The van der Waals surface area contributed by atoms with Crippen LogP contribution < -0.4 is 0 Å². The number of aliphatic hydroxyl groups is 2. The molecule has 0 atom stereocenters. The molecule has 100 valence electrons. The van der Waals surface area contributed by atoms with Crippen molar-refractivity contribution in [1.29, 1.82) is 0 Å². The monoisotopic (exact) mass is 271 g/mol. The molecule has 0 amide bonds. The average Bonchev–Trinajstić information content (AvgIpc) is 2.75. The second-order valence-corrected chi connectivity index (χ2v) is 4.90. The lowest BCUT2D eigenvalue weighted by Crippen LogP contribution is -2.28. The third kappa shape index (κ3) is 5.42. The van der Waals surface area contributed by atoms with E-state index in [2.05, 4.69) is 0 Å². The van der Waals surface area contributed by atoms with Gasteiger partial charge in [0, 0.05) is 35.5 Å². The summed E-state index contributed by atoms with van der Waals surface area (Å²) in [6.45, 7) is 1.78. The van der Waals surface area contributed by atoms with Gasteiger partial charge in [-0.15, -0.1) is 11.3 Å². The van der Waals surface area contributed by atoms with Crippen LogP contribution in [0.5, 0.6) is 0 Å². The van der Waals surface area contributed by atoms with Gasteiger partial charge in [0.05, 0.1) is 13.2 Å². The number of hydrogen-bond donors (Lipinski definition) is 3. The van der Waals surface area contributed by atoms with Crippen LogP contribution in [0.15, 0.2) is 18.2 Å². The molecule has 0 aliphatic heterocycles. The molecule has 1 aromatic heterocycles. The third-order valence-corrected chi connectivity index (χ3v) is 3.32. The number of aliphatic hydroxyl groups excluding tert-OH is 2. The van der Waals surface area contributed by atoms with Crippen LogP contribution in [0, 0.1) is 0 Å². The maximum absolute atomic E-state index is 10.4. The van der Waals surface area contributed by atoms with E-state index in [1.807, 2.05) is 17.0 Å². The van der Waals surface area contributed by atoms with Crippen LogP contribution >= 0.6 is 11.3 Å². The maximum Gasteiger partial charge on any atom is 0.328 e. The van der Waals surface area contributed by atoms with Crippen molar-refractivity contribution in [1.82, 2.24) is 4.90 Å². The second-order valence-electron chi connectivity index (χ2n) is 3.70. The first-order valence-electron chi connectivity index (χ1n) is 5.59. The Hall–Kier alpha value is -1.21. The summed E-state index contributed by atoms with van der Waals surface area (Å²) < 4.78 is 0. The van der Waals surface area contributed by atoms with Crippen molar-refractivity contribution >= 4 is 23.4 Å². The highest BCUT2D eigenvalue weighted by Crippen LogP contribution is 2.19. The lowest BCUT2D eigenvalue weighted by atomic mass is 10.3. The van der Waals surface area contributed by atoms with Crippen molar-refractivity contribution in [2.45, 2.75) is 6.54 Å². The quantitative estimate of drug-likeness (QED) is 0.604. The summed E-state index contributed by atoms with van der Waals surface area (Å²) in [5.41, 5.74) is 0. The molecule has 1 rings (SSSR count). The van der Waals surface area contributed by atoms with Crippen LogP contribution in [0.4, 0.5) is 0 Å². The fourth-order valence-electron chi connectivity index (χ4n) is 1.50. The Balaban J connectivity index is 2.58. The molecule has 0 radical (unpaired) electrons. The number of aliphatic carboxylic acids is 1. The zero-order chi connectivity index (χ0) is 13.4. The van der Waals surface area contributed by atoms with E-state index in [1.54, 1.807) is 6.08 Å². The molecule has 0 saturated carbocycles. The lowest BCUT2D eigenvalue weighted by Gasteiger charge is -2.18. The van der Waals surface area contributed by atoms with Crippen molar-refractivity contribution < 1.29 is 20.1 Å². The Bertz CT molecular complexity index is 397. The van der Waals surface area contributed by atoms with E-state index in [0.29, 0.717) is 19.6 Å². The Labute approximate surface area is 110 Å². The van der Waals surface area contributed by atoms with E-state index in [4.69, 9.17) is 15.3 Å². The molecule has 18 heavy (non-hydrogen) atoms. The minimum absolute atomic E-state index is 0.0527. The summed E-state index contributed by atoms with van der Waals surface area (Å²) in [5.74, 6) is -0.966. The Morgan fingerprint density at radius 2 is 1.94 bits per heavy atom. The smallest absolute Gasteiger partial charge is 0.328 e. The van der Waals surface area contributed by atoms with Crippen LogP contribution in [0.3, 0.4) is 0 Å². The predicted molar refractivity (Wildman–Crippen MR) is 70.4 cm³/mol. The second kappa shape index (κ2) is 7.99. The molecule has 0 saturated heterocycles. The molecular formula is C12H17NO4S. The number of carbonyl (C=O) groups is 1. The van der Waals surface area contributed by atoms with Gasteiger partial charge in [-0.2, -0.15) is 0 Å². The van der Waals surface area contributed by atoms with Gasteiger partial charge >= 0.3 is 5.97 Å². The predicted octanol–water partition coefficient (Wildman–Crippen LogP) is 0.632. The minimum Gasteiger partial charge on any atom is -0.478 e. The largest absolute Gasteiger partial charge is 0.478 e. The van der Waals surface area contributed by atoms with E-state index in [1.165, 1.54) is 11.3 Å². The lowest BCUT2D eigenvalue weighted by molar-refractivity contribution is -0.131. The molecule has 6 heteroatoms. The Morgan fingerprint density at radius 3 is 2.50 bits per heavy atom. The zero-order valence-corrected chi connectivity index (χ0v) is 10.8. The van der Waals surface area contributed by atoms with Crippen LogP contribution in [0.2, 0.25) is 0 Å². The van der Waals surface area contributed by atoms with E-state index in [-0.39, 0.29) is 13.2 Å². The first-order chi connectivity index (χ1) is 8.65. The molecule has 0 aromatic carbocycles. The highest BCUT2D eigenvalue weighted by atomic mass is 32.1. The molecule has 0 unspecified atom stereocenters. The van der Waals surface area contributed by atoms with Gasteiger partial charge in [0.25, 0.3) is 0 Å². The summed E-state index contributed by atoms with van der Waals surface area (Å²) in [6.07, 6.45) is 2.66. The van der Waals surface area contributed by atoms with E-state index in [9.17, 15) is 4.79 Å². The normalized spacial score (nSPS) is 11.5. The molecule has 0 fully saturated rings. The van der Waals surface area contributed by atoms with E-state index in [0.717, 1.165) is 15.8 Å². The molecule has 0 aliphatic carbocycles. The Morgan fingerprint density at radius 1 is 1.28 bits per heavy atom. The van der Waals surface area contributed by atoms with Gasteiger partial charge in [-0.1, -0.05) is 0 Å². The third-order valence-electron chi connectivity index (χ3n) is 2.28. The van der Waals surface area contributed by atoms with Gasteiger partial charge in [-0.25, -0.2) is 4.79 Å². The fourth-order valence-corrected chi connectivity index (χ4v) is 2.45. The van der Waals surface area contributed by atoms with Crippen LogP contribution in [-0.2, 0) is 11.3 Å². The van der Waals surface area contributed by atoms with Crippen LogP contribution in [-0.4, -0.2) is 52.5 Å². The fraction of sp³-hybridized carbons (Fsp3) is 0.417. The van der Waals surface area contributed by atoms with Gasteiger partial charge < -0.3 is 15.3 Å². The molecule has 5 nitrogen and oxygen atoms in total. The number of thiophene rings is 1. The maximum atomic E-state index is 10.4. The standard InChI is InChI=1S/C12H17NO4S/c14-7-5-13(6-8-15)9-11-2-1-10(18-11)3-4-12(16)17/h1-4,14-15H,5-9H2,(H,16,17)/b4-3+. The zero-order valence-electron chi connectivity index (χ0n) is 9.95. The average molecular weight is 271 g/mol. The topological polar surface area (TPSA) is 81.0 Å². The summed E-state index contributed by atoms with van der Waals surface area (Å²) in [7, 11) is 0. The highest BCUT2D eigenvalue weighted by Gasteiger charge is 2.06. The number of rotatable bonds is 8. The first-order valence-corrected chi connectivity index (χ1v) is 6.41. The molecule has 1 aromatic rings. The van der Waals surface area contributed by atoms with Gasteiger partial charge in [-0.3, -0.25) is 4.90 Å². The molecule has 0 bridgehead atoms. The summed E-state index contributed by atoms with van der Waals surface area (Å²) >= 11 is 1.50. The number of hydrogen-bond acceptors (Lipinski definition) is 5. The molecule has 1 heterocycles. The summed E-state index contributed by atoms with van der Waals surface area (Å²) in [5, 5.41) is 26.3. The van der Waals surface area contributed by atoms with Crippen LogP contribution in [0.25, 0.3) is 6.08 Å². The van der Waals surface area contributed by atoms with Crippen molar-refractivity contribution in [2.75, 3.05) is 26.3 Å².